The van der Waals surface area contributed by atoms with Gasteiger partial charge in [-0.2, -0.15) is 0 Å². The molecule has 1 aromatic heterocycles. The molecule has 0 aliphatic rings. The lowest BCUT2D eigenvalue weighted by atomic mass is 10.2. The largest absolute Gasteiger partial charge is 0.337 e. The molecule has 0 aliphatic heterocycles. The molecule has 0 atom stereocenters. The molecule has 0 saturated heterocycles. The molecule has 2 N–H and O–H groups in total. The van der Waals surface area contributed by atoms with E-state index in [0.29, 0.717) is 11.4 Å². The van der Waals surface area contributed by atoms with Gasteiger partial charge in [-0.15, -0.1) is 0 Å². The van der Waals surface area contributed by atoms with E-state index < -0.39 is 15.8 Å². The zero-order valence-corrected chi connectivity index (χ0v) is 12.6. The number of benzene rings is 1. The maximum Gasteiger partial charge on any atom is 0.240 e. The quantitative estimate of drug-likeness (QED) is 0.825. The maximum atomic E-state index is 13.5. The molecular weight excluding hydrogens is 295 g/mol. The van der Waals surface area contributed by atoms with Crippen molar-refractivity contribution in [1.29, 1.82) is 0 Å². The number of aryl methyl sites for hydroxylation is 1. The van der Waals surface area contributed by atoms with E-state index in [1.54, 1.807) is 31.1 Å². The number of rotatable bonds is 6. The van der Waals surface area contributed by atoms with Crippen LogP contribution in [-0.2, 0) is 30.2 Å². The van der Waals surface area contributed by atoms with Crippen LogP contribution >= 0.6 is 0 Å². The fraction of sp³-hybridized carbons (Fsp3) is 0.308. The summed E-state index contributed by atoms with van der Waals surface area (Å²) in [5.41, 5.74) is 0.303. The van der Waals surface area contributed by atoms with Gasteiger partial charge in [-0.3, -0.25) is 0 Å². The highest BCUT2D eigenvalue weighted by molar-refractivity contribution is 7.89. The van der Waals surface area contributed by atoms with Crippen LogP contribution in [0.1, 0.15) is 11.4 Å². The second-order valence-corrected chi connectivity index (χ2v) is 6.33. The highest BCUT2D eigenvalue weighted by atomic mass is 32.2. The normalized spacial score (nSPS) is 11.8. The van der Waals surface area contributed by atoms with Crippen LogP contribution in [0.25, 0.3) is 0 Å². The summed E-state index contributed by atoms with van der Waals surface area (Å²) in [6.07, 6.45) is 3.32. The molecular formula is C13H17FN4O2S. The van der Waals surface area contributed by atoms with E-state index in [1.165, 1.54) is 12.1 Å². The van der Waals surface area contributed by atoms with Crippen molar-refractivity contribution >= 4 is 10.0 Å². The van der Waals surface area contributed by atoms with Gasteiger partial charge in [0.1, 0.15) is 11.6 Å². The summed E-state index contributed by atoms with van der Waals surface area (Å²) in [4.78, 5) is 4.07. The molecule has 0 saturated carbocycles. The Morgan fingerprint density at radius 3 is 2.71 bits per heavy atom. The first-order valence-electron chi connectivity index (χ1n) is 6.33. The SMILES string of the molecule is CNCc1cc(S(=O)(=O)NCc2nccn2C)ccc1F. The molecule has 1 heterocycles. The van der Waals surface area contributed by atoms with Crippen molar-refractivity contribution in [2.45, 2.75) is 18.0 Å². The molecule has 0 spiro atoms. The van der Waals surface area contributed by atoms with E-state index in [0.717, 1.165) is 6.07 Å². The number of aromatic nitrogens is 2. The zero-order valence-electron chi connectivity index (χ0n) is 11.8. The van der Waals surface area contributed by atoms with E-state index in [-0.39, 0.29) is 18.0 Å². The molecule has 114 valence electrons. The van der Waals surface area contributed by atoms with Crippen molar-refractivity contribution in [3.8, 4) is 0 Å². The molecule has 8 heteroatoms. The summed E-state index contributed by atoms with van der Waals surface area (Å²) in [7, 11) is -0.265. The van der Waals surface area contributed by atoms with Crippen LogP contribution in [0.4, 0.5) is 4.39 Å². The smallest absolute Gasteiger partial charge is 0.240 e. The standard InChI is InChI=1S/C13H17FN4O2S/c1-15-8-10-7-11(3-4-12(10)14)21(19,20)17-9-13-16-5-6-18(13)2/h3-7,15,17H,8-9H2,1-2H3. The lowest BCUT2D eigenvalue weighted by Gasteiger charge is -2.09. The first-order chi connectivity index (χ1) is 9.94. The predicted molar refractivity (Wildman–Crippen MR) is 76.4 cm³/mol. The van der Waals surface area contributed by atoms with Crippen LogP contribution in [0.2, 0.25) is 0 Å². The molecule has 2 aromatic rings. The van der Waals surface area contributed by atoms with Crippen molar-refractivity contribution in [2.24, 2.45) is 7.05 Å². The van der Waals surface area contributed by atoms with Crippen molar-refractivity contribution in [2.75, 3.05) is 7.05 Å². The van der Waals surface area contributed by atoms with E-state index in [9.17, 15) is 12.8 Å². The number of hydrogen-bond acceptors (Lipinski definition) is 4. The molecule has 0 unspecified atom stereocenters. The van der Waals surface area contributed by atoms with Gasteiger partial charge in [0, 0.05) is 31.5 Å². The fourth-order valence-corrected chi connectivity index (χ4v) is 2.88. The number of halogens is 1. The summed E-state index contributed by atoms with van der Waals surface area (Å²) in [5, 5.41) is 2.80. The minimum absolute atomic E-state index is 0.0309. The number of hydrogen-bond donors (Lipinski definition) is 2. The summed E-state index contributed by atoms with van der Waals surface area (Å²) >= 11 is 0. The monoisotopic (exact) mass is 312 g/mol. The van der Waals surface area contributed by atoms with Crippen molar-refractivity contribution in [3.05, 3.63) is 47.8 Å². The van der Waals surface area contributed by atoms with Gasteiger partial charge in [0.05, 0.1) is 11.4 Å². The summed E-state index contributed by atoms with van der Waals surface area (Å²) in [6, 6.07) is 3.73. The Morgan fingerprint density at radius 2 is 2.10 bits per heavy atom. The van der Waals surface area contributed by atoms with E-state index >= 15 is 0 Å². The average Bonchev–Trinajstić information content (AvgIpc) is 2.85. The highest BCUT2D eigenvalue weighted by Gasteiger charge is 2.16. The Balaban J connectivity index is 2.19. The Hall–Kier alpha value is -1.77. The highest BCUT2D eigenvalue weighted by Crippen LogP contribution is 2.15. The minimum atomic E-state index is -3.71. The van der Waals surface area contributed by atoms with Crippen molar-refractivity contribution in [1.82, 2.24) is 19.6 Å². The first-order valence-corrected chi connectivity index (χ1v) is 7.81. The third-order valence-electron chi connectivity index (χ3n) is 3.04. The third-order valence-corrected chi connectivity index (χ3v) is 4.43. The number of sulfonamides is 1. The van der Waals surface area contributed by atoms with E-state index in [4.69, 9.17) is 0 Å². The molecule has 1 aromatic carbocycles. The van der Waals surface area contributed by atoms with Gasteiger partial charge in [-0.05, 0) is 25.2 Å². The predicted octanol–water partition coefficient (Wildman–Crippen LogP) is 0.757. The topological polar surface area (TPSA) is 76.0 Å². The lowest BCUT2D eigenvalue weighted by molar-refractivity contribution is 0.574. The minimum Gasteiger partial charge on any atom is -0.337 e. The van der Waals surface area contributed by atoms with Gasteiger partial charge in [-0.25, -0.2) is 22.5 Å². The van der Waals surface area contributed by atoms with Crippen LogP contribution in [0.5, 0.6) is 0 Å². The van der Waals surface area contributed by atoms with Crippen LogP contribution in [0.3, 0.4) is 0 Å². The fourth-order valence-electron chi connectivity index (χ4n) is 1.85. The van der Waals surface area contributed by atoms with Crippen molar-refractivity contribution in [3.63, 3.8) is 0 Å². The van der Waals surface area contributed by atoms with Gasteiger partial charge in [0.15, 0.2) is 0 Å². The zero-order chi connectivity index (χ0) is 15.5. The van der Waals surface area contributed by atoms with E-state index in [1.807, 2.05) is 0 Å². The van der Waals surface area contributed by atoms with Crippen LogP contribution in [0.15, 0.2) is 35.5 Å². The molecule has 21 heavy (non-hydrogen) atoms. The molecule has 0 radical (unpaired) electrons. The Bertz CT molecular complexity index is 728. The van der Waals surface area contributed by atoms with Gasteiger partial charge in [-0.1, -0.05) is 0 Å². The molecule has 6 nitrogen and oxygen atoms in total. The van der Waals surface area contributed by atoms with Crippen LogP contribution in [0, 0.1) is 5.82 Å². The van der Waals surface area contributed by atoms with Gasteiger partial charge in [0.2, 0.25) is 10.0 Å². The van der Waals surface area contributed by atoms with Crippen LogP contribution in [-0.4, -0.2) is 25.0 Å². The second kappa shape index (κ2) is 6.33. The second-order valence-electron chi connectivity index (χ2n) is 4.56. The van der Waals surface area contributed by atoms with Gasteiger partial charge >= 0.3 is 0 Å². The van der Waals surface area contributed by atoms with Gasteiger partial charge < -0.3 is 9.88 Å². The first kappa shape index (κ1) is 15.6. The van der Waals surface area contributed by atoms with Crippen molar-refractivity contribution < 1.29 is 12.8 Å². The molecule has 0 amide bonds. The van der Waals surface area contributed by atoms with Gasteiger partial charge in [0.25, 0.3) is 0 Å². The Labute approximate surface area is 123 Å². The Kier molecular flexibility index (Phi) is 4.71. The van der Waals surface area contributed by atoms with E-state index in [2.05, 4.69) is 15.0 Å². The summed E-state index contributed by atoms with van der Waals surface area (Å²) < 4.78 is 42.1. The average molecular weight is 312 g/mol. The summed E-state index contributed by atoms with van der Waals surface area (Å²) in [6.45, 7) is 0.332. The molecule has 0 bridgehead atoms. The maximum absolute atomic E-state index is 13.5. The number of nitrogens with zero attached hydrogens (tertiary/aromatic N) is 2. The number of imidazole rings is 1. The van der Waals surface area contributed by atoms with Crippen LogP contribution < -0.4 is 10.0 Å². The molecule has 0 aliphatic carbocycles. The number of nitrogens with one attached hydrogen (secondary N) is 2. The third kappa shape index (κ3) is 3.66. The molecule has 0 fully saturated rings. The summed E-state index contributed by atoms with van der Waals surface area (Å²) in [5.74, 6) is 0.156. The molecule has 2 rings (SSSR count). The lowest BCUT2D eigenvalue weighted by Crippen LogP contribution is -2.25. The Morgan fingerprint density at radius 1 is 1.33 bits per heavy atom.